The summed E-state index contributed by atoms with van der Waals surface area (Å²) >= 11 is 9.09. The van der Waals surface area contributed by atoms with Gasteiger partial charge in [0.05, 0.1) is 40.9 Å². The summed E-state index contributed by atoms with van der Waals surface area (Å²) in [6.45, 7) is -0.278. The number of hydroxylamine groups is 1. The van der Waals surface area contributed by atoms with Gasteiger partial charge in [0.2, 0.25) is 0 Å². The van der Waals surface area contributed by atoms with Crippen LogP contribution in [0.15, 0.2) is 47.0 Å². The Bertz CT molecular complexity index is 1180. The Balaban J connectivity index is 1.55. The van der Waals surface area contributed by atoms with Gasteiger partial charge in [0.25, 0.3) is 5.91 Å². The molecule has 2 aromatic rings. The summed E-state index contributed by atoms with van der Waals surface area (Å²) in [6, 6.07) is 3.14. The number of aliphatic hydroxyl groups excluding tert-OH is 1. The third-order valence-corrected chi connectivity index (χ3v) is 5.56. The van der Waals surface area contributed by atoms with E-state index in [9.17, 15) is 29.7 Å². The van der Waals surface area contributed by atoms with Gasteiger partial charge in [-0.15, -0.1) is 5.48 Å². The minimum atomic E-state index is -1.22. The summed E-state index contributed by atoms with van der Waals surface area (Å²) in [7, 11) is 0. The number of halogens is 2. The van der Waals surface area contributed by atoms with Gasteiger partial charge < -0.3 is 36.1 Å². The van der Waals surface area contributed by atoms with Crippen molar-refractivity contribution in [1.82, 2.24) is 26.4 Å². The van der Waals surface area contributed by atoms with Crippen molar-refractivity contribution in [3.63, 3.8) is 0 Å². The molecule has 13 nitrogen and oxygen atoms in total. The molecule has 1 aliphatic heterocycles. The Morgan fingerprint density at radius 3 is 2.72 bits per heavy atom. The van der Waals surface area contributed by atoms with Crippen molar-refractivity contribution in [2.75, 3.05) is 18.4 Å². The largest absolute Gasteiger partial charge is 0.509 e. The number of carbonyl (C=O) groups is 3. The number of aromatic hydroxyl groups is 1. The molecule has 0 saturated carbocycles. The maximum absolute atomic E-state index is 12.4. The Morgan fingerprint density at radius 1 is 1.25 bits per heavy atom. The summed E-state index contributed by atoms with van der Waals surface area (Å²) in [5, 5.41) is 40.3. The highest BCUT2D eigenvalue weighted by Crippen LogP contribution is 2.36. The van der Waals surface area contributed by atoms with Gasteiger partial charge in [0, 0.05) is 23.0 Å². The molecule has 0 radical (unpaired) electrons. The number of hydrogen-bond donors (Lipinski definition) is 8. The fourth-order valence-corrected chi connectivity index (χ4v) is 3.90. The number of aliphatic carboxylic acids is 1. The number of pyridine rings is 1. The van der Waals surface area contributed by atoms with Crippen LogP contribution in [0.3, 0.4) is 0 Å². The van der Waals surface area contributed by atoms with Gasteiger partial charge in [-0.05, 0) is 34.1 Å². The first-order valence-corrected chi connectivity index (χ1v) is 11.5. The molecule has 1 aliphatic rings. The highest BCUT2D eigenvalue weighted by molar-refractivity contribution is 9.10. The number of amides is 1. The van der Waals surface area contributed by atoms with Crippen LogP contribution >= 0.6 is 27.5 Å². The number of phenolic OH excluding ortho intramolecular Hbond substituents is 1. The van der Waals surface area contributed by atoms with Crippen molar-refractivity contribution in [2.24, 2.45) is 0 Å². The first-order chi connectivity index (χ1) is 17.1. The van der Waals surface area contributed by atoms with Gasteiger partial charge >= 0.3 is 11.9 Å². The predicted molar refractivity (Wildman–Crippen MR) is 131 cm³/mol. The highest BCUT2D eigenvalue weighted by atomic mass is 79.9. The molecule has 2 heterocycles. The SMILES string of the molecule is O=C(O)C[C@@H](NOC(=O)CNC(=O)c1cncc(N[C@H]2NC=C(O)CN2)c1)c1cc(Cl)cc(Br)c1O. The predicted octanol–water partition coefficient (Wildman–Crippen LogP) is 1.48. The second-order valence-electron chi connectivity index (χ2n) is 7.47. The number of anilines is 1. The smallest absolute Gasteiger partial charge is 0.344 e. The van der Waals surface area contributed by atoms with Gasteiger partial charge in [-0.1, -0.05) is 11.6 Å². The minimum Gasteiger partial charge on any atom is -0.509 e. The molecule has 0 fully saturated rings. The van der Waals surface area contributed by atoms with Crippen LogP contribution in [-0.4, -0.2) is 57.5 Å². The zero-order chi connectivity index (χ0) is 26.2. The van der Waals surface area contributed by atoms with Gasteiger partial charge in [-0.2, -0.15) is 0 Å². The van der Waals surface area contributed by atoms with Crippen LogP contribution < -0.4 is 26.7 Å². The average molecular weight is 586 g/mol. The van der Waals surface area contributed by atoms with E-state index >= 15 is 0 Å². The lowest BCUT2D eigenvalue weighted by Gasteiger charge is -2.25. The van der Waals surface area contributed by atoms with Gasteiger partial charge in [0.1, 0.15) is 18.1 Å². The normalized spacial score (nSPS) is 15.7. The molecule has 1 aromatic heterocycles. The molecular formula is C21H22BrClN6O7. The number of rotatable bonds is 10. The van der Waals surface area contributed by atoms with Crippen molar-refractivity contribution in [3.05, 3.63) is 63.2 Å². The summed E-state index contributed by atoms with van der Waals surface area (Å²) < 4.78 is 0.232. The van der Waals surface area contributed by atoms with Crippen molar-refractivity contribution < 1.29 is 34.5 Å². The van der Waals surface area contributed by atoms with Gasteiger partial charge in [-0.3, -0.25) is 19.9 Å². The Kier molecular flexibility index (Phi) is 9.30. The quantitative estimate of drug-likeness (QED) is 0.187. The lowest BCUT2D eigenvalue weighted by molar-refractivity contribution is -0.154. The number of carboxylic acids is 1. The molecule has 3 rings (SSSR count). The zero-order valence-electron chi connectivity index (χ0n) is 18.4. The number of carboxylic acid groups (broad SMARTS) is 1. The number of aliphatic hydroxyl groups is 1. The maximum atomic E-state index is 12.4. The van der Waals surface area contributed by atoms with E-state index in [0.29, 0.717) is 5.69 Å². The number of benzene rings is 1. The molecule has 0 unspecified atom stereocenters. The Hall–Kier alpha value is -3.59. The van der Waals surface area contributed by atoms with Crippen LogP contribution in [0.2, 0.25) is 5.02 Å². The van der Waals surface area contributed by atoms with Gasteiger partial charge in [-0.25, -0.2) is 4.79 Å². The summed E-state index contributed by atoms with van der Waals surface area (Å²) in [4.78, 5) is 44.8. The topological polar surface area (TPSA) is 194 Å². The van der Waals surface area contributed by atoms with Crippen LogP contribution in [-0.2, 0) is 14.4 Å². The van der Waals surface area contributed by atoms with Gasteiger partial charge in [0.15, 0.2) is 6.29 Å². The van der Waals surface area contributed by atoms with E-state index in [1.54, 1.807) is 0 Å². The first-order valence-electron chi connectivity index (χ1n) is 10.3. The standard InChI is InChI=1S/C21H22BrClN6O7/c22-15-3-11(23)2-14(19(15)34)16(4-17(31)32)29-36-18(33)9-25-20(35)10-1-12(6-24-5-10)28-21-26-7-13(30)8-27-21/h1-3,5-7,16,21,26-30,34H,4,8-9H2,(H,25,35)(H,31,32)/t16-,21+/m1/s1. The van der Waals surface area contributed by atoms with E-state index < -0.39 is 43.1 Å². The molecule has 15 heteroatoms. The molecule has 0 aliphatic carbocycles. The van der Waals surface area contributed by atoms with Crippen molar-refractivity contribution in [3.8, 4) is 5.75 Å². The van der Waals surface area contributed by atoms with E-state index in [1.807, 2.05) is 0 Å². The van der Waals surface area contributed by atoms with Crippen LogP contribution in [0.1, 0.15) is 28.4 Å². The van der Waals surface area contributed by atoms with Crippen LogP contribution in [0.4, 0.5) is 5.69 Å². The van der Waals surface area contributed by atoms with E-state index in [2.05, 4.69) is 47.7 Å². The Labute approximate surface area is 218 Å². The van der Waals surface area contributed by atoms with E-state index in [1.165, 1.54) is 36.8 Å². The molecule has 8 N–H and O–H groups in total. The maximum Gasteiger partial charge on any atom is 0.344 e. The van der Waals surface area contributed by atoms with Crippen molar-refractivity contribution in [2.45, 2.75) is 18.8 Å². The molecule has 1 amide bonds. The fourth-order valence-electron chi connectivity index (χ4n) is 3.07. The number of nitrogens with zero attached hydrogens (tertiary/aromatic N) is 1. The molecule has 0 bridgehead atoms. The minimum absolute atomic E-state index is 0.0941. The molecule has 36 heavy (non-hydrogen) atoms. The molecule has 0 saturated heterocycles. The summed E-state index contributed by atoms with van der Waals surface area (Å²) in [6.07, 6.45) is 3.29. The molecule has 192 valence electrons. The third kappa shape index (κ3) is 7.71. The van der Waals surface area contributed by atoms with Crippen molar-refractivity contribution in [1.29, 1.82) is 0 Å². The van der Waals surface area contributed by atoms with E-state index in [0.717, 1.165) is 0 Å². The molecule has 0 spiro atoms. The number of phenols is 1. The lowest BCUT2D eigenvalue weighted by atomic mass is 10.0. The second-order valence-corrected chi connectivity index (χ2v) is 8.76. The molecule has 2 atom stereocenters. The zero-order valence-corrected chi connectivity index (χ0v) is 20.8. The van der Waals surface area contributed by atoms with Crippen LogP contribution in [0.5, 0.6) is 5.75 Å². The Morgan fingerprint density at radius 2 is 2.03 bits per heavy atom. The number of nitrogens with one attached hydrogen (secondary N) is 5. The number of aromatic nitrogens is 1. The van der Waals surface area contributed by atoms with E-state index in [-0.39, 0.29) is 38.7 Å². The monoisotopic (exact) mass is 584 g/mol. The number of hydrogen-bond acceptors (Lipinski definition) is 11. The highest BCUT2D eigenvalue weighted by Gasteiger charge is 2.23. The van der Waals surface area contributed by atoms with E-state index in [4.69, 9.17) is 16.4 Å². The van der Waals surface area contributed by atoms with Crippen LogP contribution in [0.25, 0.3) is 0 Å². The third-order valence-electron chi connectivity index (χ3n) is 4.74. The average Bonchev–Trinajstić information content (AvgIpc) is 2.84. The summed E-state index contributed by atoms with van der Waals surface area (Å²) in [5.74, 6) is -2.87. The second kappa shape index (κ2) is 12.4. The fraction of sp³-hybridized carbons (Fsp3) is 0.238. The lowest BCUT2D eigenvalue weighted by Crippen LogP contribution is -2.49. The van der Waals surface area contributed by atoms with Crippen molar-refractivity contribution >= 4 is 51.1 Å². The molecular weight excluding hydrogens is 564 g/mol. The molecule has 1 aromatic carbocycles. The van der Waals surface area contributed by atoms with Crippen LogP contribution in [0, 0.1) is 0 Å². The first kappa shape index (κ1) is 27.0. The number of carbonyl (C=O) groups excluding carboxylic acids is 2. The summed E-state index contributed by atoms with van der Waals surface area (Å²) in [5.41, 5.74) is 3.05.